The van der Waals surface area contributed by atoms with Gasteiger partial charge in [-0.2, -0.15) is 0 Å². The van der Waals surface area contributed by atoms with Gasteiger partial charge in [-0.1, -0.05) is 45.0 Å². The number of quaternary nitrogens is 1. The Morgan fingerprint density at radius 2 is 1.64 bits per heavy atom. The van der Waals surface area contributed by atoms with E-state index in [1.54, 1.807) is 36.3 Å². The van der Waals surface area contributed by atoms with Crippen molar-refractivity contribution in [2.24, 2.45) is 0 Å². The standard InChI is InChI=1S/C27H34N2O4/c1-27(2,3)20-12-8-18(9-13-20)23-22(24(30)19-10-14-21(33-6)15-11-19)25(31)26(32)29(23)17-7-16-28(4)5/h8-15,23,30H,7,16-17H2,1-6H3/p+1/t23-/m1/s1. The summed E-state index contributed by atoms with van der Waals surface area (Å²) in [6, 6.07) is 14.2. The second-order valence-corrected chi connectivity index (χ2v) is 9.90. The highest BCUT2D eigenvalue weighted by Crippen LogP contribution is 2.40. The van der Waals surface area contributed by atoms with Crippen LogP contribution < -0.4 is 9.64 Å². The molecule has 1 fully saturated rings. The van der Waals surface area contributed by atoms with Gasteiger partial charge in [0.1, 0.15) is 11.5 Å². The van der Waals surface area contributed by atoms with Crippen molar-refractivity contribution in [1.29, 1.82) is 0 Å². The molecule has 0 unspecified atom stereocenters. The van der Waals surface area contributed by atoms with Crippen LogP contribution in [0.15, 0.2) is 54.1 Å². The molecular formula is C27H35N2O4+. The van der Waals surface area contributed by atoms with Crippen LogP contribution >= 0.6 is 0 Å². The number of ether oxygens (including phenoxy) is 1. The molecule has 1 aliphatic heterocycles. The molecule has 0 aromatic heterocycles. The van der Waals surface area contributed by atoms with E-state index in [1.807, 2.05) is 24.3 Å². The number of likely N-dealkylation sites (tertiary alicyclic amines) is 1. The van der Waals surface area contributed by atoms with Crippen LogP contribution in [-0.4, -0.2) is 56.0 Å². The lowest BCUT2D eigenvalue weighted by Gasteiger charge is -2.26. The Kier molecular flexibility index (Phi) is 7.28. The molecule has 1 atom stereocenters. The van der Waals surface area contributed by atoms with Crippen LogP contribution in [-0.2, 0) is 15.0 Å². The van der Waals surface area contributed by atoms with Gasteiger partial charge in [0, 0.05) is 18.5 Å². The largest absolute Gasteiger partial charge is 0.507 e. The number of amides is 1. The van der Waals surface area contributed by atoms with Crippen molar-refractivity contribution in [1.82, 2.24) is 4.90 Å². The van der Waals surface area contributed by atoms with Gasteiger partial charge < -0.3 is 19.6 Å². The Labute approximate surface area is 196 Å². The summed E-state index contributed by atoms with van der Waals surface area (Å²) in [6.07, 6.45) is 0.758. The first-order valence-corrected chi connectivity index (χ1v) is 11.4. The SMILES string of the molecule is COc1ccc(C(O)=C2C(=O)C(=O)N(CCC[NH+](C)C)[C@@H]2c2ccc(C(C)(C)C)cc2)cc1. The molecule has 0 radical (unpaired) electrons. The summed E-state index contributed by atoms with van der Waals surface area (Å²) >= 11 is 0. The summed E-state index contributed by atoms with van der Waals surface area (Å²) in [5, 5.41) is 11.2. The van der Waals surface area contributed by atoms with Gasteiger partial charge in [0.05, 0.1) is 39.4 Å². The van der Waals surface area contributed by atoms with Crippen LogP contribution in [0.25, 0.3) is 5.76 Å². The number of ketones is 1. The van der Waals surface area contributed by atoms with Crippen LogP contribution in [0.3, 0.4) is 0 Å². The van der Waals surface area contributed by atoms with Crippen LogP contribution in [0.1, 0.15) is 49.9 Å². The smallest absolute Gasteiger partial charge is 0.295 e. The van der Waals surface area contributed by atoms with Crippen molar-refractivity contribution < 1.29 is 24.3 Å². The second kappa shape index (κ2) is 9.79. The predicted molar refractivity (Wildman–Crippen MR) is 129 cm³/mol. The van der Waals surface area contributed by atoms with E-state index in [4.69, 9.17) is 4.74 Å². The van der Waals surface area contributed by atoms with Crippen molar-refractivity contribution >= 4 is 17.4 Å². The lowest BCUT2D eigenvalue weighted by Crippen LogP contribution is -3.05. The number of carbonyl (C=O) groups excluding carboxylic acids is 2. The fourth-order valence-corrected chi connectivity index (χ4v) is 4.13. The van der Waals surface area contributed by atoms with Gasteiger partial charge in [-0.25, -0.2) is 0 Å². The number of aliphatic hydroxyl groups excluding tert-OH is 1. The monoisotopic (exact) mass is 451 g/mol. The maximum atomic E-state index is 13.1. The summed E-state index contributed by atoms with van der Waals surface area (Å²) in [5.74, 6) is -0.733. The normalized spacial score (nSPS) is 18.3. The van der Waals surface area contributed by atoms with Crippen LogP contribution in [0.4, 0.5) is 0 Å². The van der Waals surface area contributed by atoms with Crippen molar-refractivity contribution in [3.63, 3.8) is 0 Å². The van der Waals surface area contributed by atoms with Gasteiger partial charge in [-0.15, -0.1) is 0 Å². The van der Waals surface area contributed by atoms with Gasteiger partial charge in [-0.3, -0.25) is 9.59 Å². The highest BCUT2D eigenvalue weighted by atomic mass is 16.5. The second-order valence-electron chi connectivity index (χ2n) is 9.90. The summed E-state index contributed by atoms with van der Waals surface area (Å²) < 4.78 is 5.19. The molecular weight excluding hydrogens is 416 g/mol. The number of Topliss-reactive ketones (excluding diaryl/α,β-unsaturated/α-hetero) is 1. The third-order valence-corrected chi connectivity index (χ3v) is 6.07. The number of hydrogen-bond acceptors (Lipinski definition) is 4. The molecule has 0 aliphatic carbocycles. The molecule has 1 aliphatic rings. The third kappa shape index (κ3) is 5.28. The van der Waals surface area contributed by atoms with E-state index < -0.39 is 17.7 Å². The summed E-state index contributed by atoms with van der Waals surface area (Å²) in [6.45, 7) is 7.74. The molecule has 2 aromatic rings. The number of carbonyl (C=O) groups is 2. The van der Waals surface area contributed by atoms with Crippen molar-refractivity contribution in [3.8, 4) is 5.75 Å². The summed E-state index contributed by atoms with van der Waals surface area (Å²) in [5.41, 5.74) is 2.57. The first kappa shape index (κ1) is 24.5. The molecule has 0 bridgehead atoms. The molecule has 176 valence electrons. The Morgan fingerprint density at radius 1 is 1.03 bits per heavy atom. The first-order chi connectivity index (χ1) is 15.5. The molecule has 1 amide bonds. The Morgan fingerprint density at radius 3 is 2.15 bits per heavy atom. The number of nitrogens with zero attached hydrogens (tertiary/aromatic N) is 1. The lowest BCUT2D eigenvalue weighted by atomic mass is 9.85. The molecule has 1 heterocycles. The molecule has 3 rings (SSSR count). The molecule has 6 nitrogen and oxygen atoms in total. The van der Waals surface area contributed by atoms with Gasteiger partial charge in [-0.05, 0) is 40.8 Å². The molecule has 1 saturated heterocycles. The fourth-order valence-electron chi connectivity index (χ4n) is 4.13. The van der Waals surface area contributed by atoms with Crippen molar-refractivity contribution in [2.45, 2.75) is 38.6 Å². The highest BCUT2D eigenvalue weighted by molar-refractivity contribution is 6.46. The van der Waals surface area contributed by atoms with E-state index in [2.05, 4.69) is 34.9 Å². The maximum absolute atomic E-state index is 13.1. The van der Waals surface area contributed by atoms with Gasteiger partial charge in [0.2, 0.25) is 0 Å². The fraction of sp³-hybridized carbons (Fsp3) is 0.407. The average molecular weight is 452 g/mol. The summed E-state index contributed by atoms with van der Waals surface area (Å²) in [7, 11) is 5.68. The number of methoxy groups -OCH3 is 1. The molecule has 33 heavy (non-hydrogen) atoms. The van der Waals surface area contributed by atoms with Crippen molar-refractivity contribution in [2.75, 3.05) is 34.3 Å². The quantitative estimate of drug-likeness (QED) is 0.386. The first-order valence-electron chi connectivity index (χ1n) is 11.4. The van der Waals surface area contributed by atoms with Gasteiger partial charge in [0.25, 0.3) is 11.7 Å². The third-order valence-electron chi connectivity index (χ3n) is 6.07. The molecule has 6 heteroatoms. The molecule has 2 aromatic carbocycles. The van der Waals surface area contributed by atoms with Gasteiger partial charge in [0.15, 0.2) is 0 Å². The number of rotatable bonds is 7. The topological polar surface area (TPSA) is 71.3 Å². The highest BCUT2D eigenvalue weighted by Gasteiger charge is 2.45. The number of hydrogen-bond donors (Lipinski definition) is 2. The van der Waals surface area contributed by atoms with Crippen LogP contribution in [0.5, 0.6) is 5.75 Å². The number of aliphatic hydroxyl groups is 1. The van der Waals surface area contributed by atoms with Crippen LogP contribution in [0, 0.1) is 0 Å². The summed E-state index contributed by atoms with van der Waals surface area (Å²) in [4.78, 5) is 29.0. The minimum Gasteiger partial charge on any atom is -0.507 e. The zero-order chi connectivity index (χ0) is 24.3. The molecule has 0 spiro atoms. The lowest BCUT2D eigenvalue weighted by molar-refractivity contribution is -0.858. The number of nitrogens with one attached hydrogen (secondary N) is 1. The Balaban J connectivity index is 2.08. The maximum Gasteiger partial charge on any atom is 0.295 e. The van der Waals surface area contributed by atoms with E-state index in [-0.39, 0.29) is 16.7 Å². The van der Waals surface area contributed by atoms with E-state index in [0.29, 0.717) is 17.9 Å². The van der Waals surface area contributed by atoms with E-state index in [9.17, 15) is 14.7 Å². The van der Waals surface area contributed by atoms with Crippen molar-refractivity contribution in [3.05, 3.63) is 70.8 Å². The van der Waals surface area contributed by atoms with Gasteiger partial charge >= 0.3 is 0 Å². The van der Waals surface area contributed by atoms with Crippen LogP contribution in [0.2, 0.25) is 0 Å². The Bertz CT molecular complexity index is 1030. The van der Waals surface area contributed by atoms with E-state index in [1.165, 1.54) is 4.90 Å². The molecule has 2 N–H and O–H groups in total. The Hall–Kier alpha value is -3.12. The zero-order valence-electron chi connectivity index (χ0n) is 20.4. The van der Waals surface area contributed by atoms with E-state index in [0.717, 1.165) is 24.1 Å². The predicted octanol–water partition coefficient (Wildman–Crippen LogP) is 2.95. The zero-order valence-corrected chi connectivity index (χ0v) is 20.4. The number of benzene rings is 2. The minimum absolute atomic E-state index is 0.0160. The molecule has 0 saturated carbocycles. The average Bonchev–Trinajstić information content (AvgIpc) is 3.03. The van der Waals surface area contributed by atoms with E-state index >= 15 is 0 Å². The minimum atomic E-state index is -0.648.